The van der Waals surface area contributed by atoms with E-state index in [1.807, 2.05) is 24.3 Å². The van der Waals surface area contributed by atoms with Gasteiger partial charge in [0.2, 0.25) is 0 Å². The molecule has 4 heteroatoms. The number of hydrogen-bond donors (Lipinski definition) is 1. The van der Waals surface area contributed by atoms with Crippen LogP contribution in [0, 0.1) is 0 Å². The number of benzene rings is 1. The molecular weight excluding hydrogens is 228 g/mol. The predicted octanol–water partition coefficient (Wildman–Crippen LogP) is 1.98. The number of nitrogens with zero attached hydrogens (tertiary/aromatic N) is 2. The van der Waals surface area contributed by atoms with Crippen LogP contribution >= 0.6 is 0 Å². The Hall–Kier alpha value is -1.55. The highest BCUT2D eigenvalue weighted by Gasteiger charge is 2.19. The topological polar surface area (TPSA) is 47.2 Å². The lowest BCUT2D eigenvalue weighted by Gasteiger charge is -2.17. The Balaban J connectivity index is 2.66. The first-order valence-corrected chi connectivity index (χ1v) is 6.34. The van der Waals surface area contributed by atoms with Crippen molar-refractivity contribution in [3.63, 3.8) is 0 Å². The summed E-state index contributed by atoms with van der Waals surface area (Å²) in [5.74, 6) is 0. The largest absolute Gasteiger partial charge is 0.389 e. The number of para-hydroxylation sites is 2. The van der Waals surface area contributed by atoms with Crippen LogP contribution in [0.3, 0.4) is 0 Å². The number of rotatable bonds is 4. The monoisotopic (exact) mass is 248 g/mol. The first-order valence-electron chi connectivity index (χ1n) is 6.34. The summed E-state index contributed by atoms with van der Waals surface area (Å²) in [6.07, 6.45) is 0.913. The molecule has 0 saturated carbocycles. The molecule has 0 aliphatic rings. The third kappa shape index (κ3) is 2.34. The summed E-state index contributed by atoms with van der Waals surface area (Å²) >= 11 is 0. The van der Waals surface area contributed by atoms with Crippen molar-refractivity contribution in [1.82, 2.24) is 9.13 Å². The lowest BCUT2D eigenvalue weighted by atomic mass is 10.1. The van der Waals surface area contributed by atoms with Crippen LogP contribution in [0.2, 0.25) is 0 Å². The Morgan fingerprint density at radius 2 is 1.72 bits per heavy atom. The average Bonchev–Trinajstić information content (AvgIpc) is 2.54. The molecule has 98 valence electrons. The fourth-order valence-electron chi connectivity index (χ4n) is 2.25. The molecule has 0 fully saturated rings. The Labute approximate surface area is 106 Å². The number of aromatic nitrogens is 2. The SMILES string of the molecule is CCCn1c(=O)n(CC(C)(C)O)c2ccccc21. The average molecular weight is 248 g/mol. The third-order valence-electron chi connectivity index (χ3n) is 2.92. The van der Waals surface area contributed by atoms with Gasteiger partial charge in [0.1, 0.15) is 0 Å². The first kappa shape index (κ1) is 12.9. The van der Waals surface area contributed by atoms with Gasteiger partial charge in [-0.1, -0.05) is 19.1 Å². The maximum absolute atomic E-state index is 12.4. The minimum Gasteiger partial charge on any atom is -0.389 e. The van der Waals surface area contributed by atoms with E-state index in [0.717, 1.165) is 17.5 Å². The second-order valence-corrected chi connectivity index (χ2v) is 5.32. The van der Waals surface area contributed by atoms with E-state index in [9.17, 15) is 9.90 Å². The summed E-state index contributed by atoms with van der Waals surface area (Å²) in [6.45, 7) is 6.49. The van der Waals surface area contributed by atoms with Gasteiger partial charge in [-0.15, -0.1) is 0 Å². The summed E-state index contributed by atoms with van der Waals surface area (Å²) in [6, 6.07) is 7.73. The van der Waals surface area contributed by atoms with Crippen molar-refractivity contribution < 1.29 is 5.11 Å². The van der Waals surface area contributed by atoms with E-state index < -0.39 is 5.60 Å². The smallest absolute Gasteiger partial charge is 0.329 e. The number of hydrogen-bond acceptors (Lipinski definition) is 2. The van der Waals surface area contributed by atoms with Gasteiger partial charge in [-0.2, -0.15) is 0 Å². The van der Waals surface area contributed by atoms with Gasteiger partial charge in [-0.05, 0) is 32.4 Å². The number of fused-ring (bicyclic) bond motifs is 1. The summed E-state index contributed by atoms with van der Waals surface area (Å²) in [5.41, 5.74) is 0.886. The highest BCUT2D eigenvalue weighted by Crippen LogP contribution is 2.15. The van der Waals surface area contributed by atoms with E-state index >= 15 is 0 Å². The first-order chi connectivity index (χ1) is 8.44. The van der Waals surface area contributed by atoms with Gasteiger partial charge >= 0.3 is 5.69 Å². The Kier molecular flexibility index (Phi) is 3.30. The van der Waals surface area contributed by atoms with Gasteiger partial charge in [0.25, 0.3) is 0 Å². The van der Waals surface area contributed by atoms with E-state index in [0.29, 0.717) is 13.1 Å². The Morgan fingerprint density at radius 1 is 1.17 bits per heavy atom. The van der Waals surface area contributed by atoms with Crippen molar-refractivity contribution in [2.45, 2.75) is 45.9 Å². The van der Waals surface area contributed by atoms with Crippen molar-refractivity contribution in [3.8, 4) is 0 Å². The molecule has 2 aromatic rings. The molecule has 0 aliphatic heterocycles. The third-order valence-corrected chi connectivity index (χ3v) is 2.92. The highest BCUT2D eigenvalue weighted by atomic mass is 16.3. The van der Waals surface area contributed by atoms with E-state index in [1.54, 1.807) is 23.0 Å². The molecule has 1 heterocycles. The fourth-order valence-corrected chi connectivity index (χ4v) is 2.25. The van der Waals surface area contributed by atoms with Gasteiger partial charge < -0.3 is 5.11 Å². The molecule has 0 atom stereocenters. The number of aliphatic hydroxyl groups is 1. The molecule has 0 spiro atoms. The van der Waals surface area contributed by atoms with Crippen LogP contribution < -0.4 is 5.69 Å². The van der Waals surface area contributed by atoms with Gasteiger partial charge in [-0.25, -0.2) is 4.79 Å². The molecule has 0 bridgehead atoms. The molecule has 2 rings (SSSR count). The summed E-state index contributed by atoms with van der Waals surface area (Å²) < 4.78 is 3.44. The highest BCUT2D eigenvalue weighted by molar-refractivity contribution is 5.76. The van der Waals surface area contributed by atoms with E-state index in [1.165, 1.54) is 0 Å². The quantitative estimate of drug-likeness (QED) is 0.899. The maximum Gasteiger partial charge on any atom is 0.329 e. The van der Waals surface area contributed by atoms with Crippen molar-refractivity contribution >= 4 is 11.0 Å². The number of aryl methyl sites for hydroxylation is 1. The van der Waals surface area contributed by atoms with Crippen LogP contribution in [0.15, 0.2) is 29.1 Å². The molecule has 4 nitrogen and oxygen atoms in total. The molecular formula is C14H20N2O2. The van der Waals surface area contributed by atoms with Crippen LogP contribution in [0.5, 0.6) is 0 Å². The second kappa shape index (κ2) is 4.61. The molecule has 1 N–H and O–H groups in total. The lowest BCUT2D eigenvalue weighted by molar-refractivity contribution is 0.0615. The molecule has 0 saturated heterocycles. The van der Waals surface area contributed by atoms with Crippen LogP contribution in [0.4, 0.5) is 0 Å². The lowest BCUT2D eigenvalue weighted by Crippen LogP contribution is -2.33. The Bertz CT molecular complexity index is 602. The normalized spacial score (nSPS) is 12.2. The van der Waals surface area contributed by atoms with E-state index in [-0.39, 0.29) is 5.69 Å². The molecule has 0 aliphatic carbocycles. The minimum atomic E-state index is -0.898. The van der Waals surface area contributed by atoms with E-state index in [2.05, 4.69) is 6.92 Å². The van der Waals surface area contributed by atoms with Gasteiger partial charge in [0.15, 0.2) is 0 Å². The van der Waals surface area contributed by atoms with Crippen LogP contribution in [0.1, 0.15) is 27.2 Å². The van der Waals surface area contributed by atoms with Gasteiger partial charge in [-0.3, -0.25) is 9.13 Å². The standard InChI is InChI=1S/C14H20N2O2/c1-4-9-15-11-7-5-6-8-12(11)16(13(15)17)10-14(2,3)18/h5-8,18H,4,9-10H2,1-3H3. The fraction of sp³-hybridized carbons (Fsp3) is 0.500. The van der Waals surface area contributed by atoms with Gasteiger partial charge in [0, 0.05) is 6.54 Å². The van der Waals surface area contributed by atoms with E-state index in [4.69, 9.17) is 0 Å². The molecule has 0 amide bonds. The van der Waals surface area contributed by atoms with Crippen LogP contribution in [0.25, 0.3) is 11.0 Å². The molecule has 1 aromatic heterocycles. The zero-order valence-corrected chi connectivity index (χ0v) is 11.2. The Morgan fingerprint density at radius 3 is 2.22 bits per heavy atom. The maximum atomic E-state index is 12.4. The zero-order valence-electron chi connectivity index (χ0n) is 11.2. The molecule has 18 heavy (non-hydrogen) atoms. The van der Waals surface area contributed by atoms with Crippen molar-refractivity contribution in [2.75, 3.05) is 0 Å². The van der Waals surface area contributed by atoms with Crippen LogP contribution in [-0.2, 0) is 13.1 Å². The minimum absolute atomic E-state index is 0.0415. The molecule has 0 radical (unpaired) electrons. The molecule has 0 unspecified atom stereocenters. The summed E-state index contributed by atoms with van der Waals surface area (Å²) in [4.78, 5) is 12.4. The molecule has 1 aromatic carbocycles. The number of imidazole rings is 1. The van der Waals surface area contributed by atoms with Crippen molar-refractivity contribution in [1.29, 1.82) is 0 Å². The predicted molar refractivity (Wildman–Crippen MR) is 72.8 cm³/mol. The van der Waals surface area contributed by atoms with Crippen LogP contribution in [-0.4, -0.2) is 19.8 Å². The van der Waals surface area contributed by atoms with Gasteiger partial charge in [0.05, 0.1) is 23.2 Å². The second-order valence-electron chi connectivity index (χ2n) is 5.32. The summed E-state index contributed by atoms with van der Waals surface area (Å²) in [7, 11) is 0. The van der Waals surface area contributed by atoms with Crippen molar-refractivity contribution in [3.05, 3.63) is 34.7 Å². The van der Waals surface area contributed by atoms with Crippen molar-refractivity contribution in [2.24, 2.45) is 0 Å². The summed E-state index contributed by atoms with van der Waals surface area (Å²) in [5, 5.41) is 9.93. The zero-order chi connectivity index (χ0) is 13.3.